The van der Waals surface area contributed by atoms with Crippen molar-refractivity contribution in [2.24, 2.45) is 5.41 Å². The van der Waals surface area contributed by atoms with Crippen LogP contribution in [0.1, 0.15) is 26.3 Å². The van der Waals surface area contributed by atoms with E-state index in [1.165, 1.54) is 0 Å². The number of aldehydes is 1. The molecule has 0 saturated carbocycles. The van der Waals surface area contributed by atoms with Crippen LogP contribution in [-0.4, -0.2) is 12.4 Å². The number of carbonyl (C=O) groups is 1. The molecule has 0 radical (unpaired) electrons. The van der Waals surface area contributed by atoms with Gasteiger partial charge in [0.1, 0.15) is 6.29 Å². The minimum atomic E-state index is -0.499. The standard InChI is InChI=1S/C15H20O2/c1-4-8-14(15(2,3)12-16)17-11-13-9-6-5-7-10-13/h4-10,12,14H,11H2,1-3H3/t14-/m0/s1. The average Bonchev–Trinajstić information content (AvgIpc) is 2.35. The van der Waals surface area contributed by atoms with Gasteiger partial charge in [-0.05, 0) is 12.5 Å². The predicted octanol–water partition coefficient (Wildman–Crippen LogP) is 3.37. The Balaban J connectivity index is 2.66. The Hall–Kier alpha value is -1.41. The molecular formula is C15H20O2. The number of ether oxygens (including phenoxy) is 1. The van der Waals surface area contributed by atoms with Gasteiger partial charge in [-0.1, -0.05) is 56.3 Å². The molecule has 17 heavy (non-hydrogen) atoms. The van der Waals surface area contributed by atoms with Crippen LogP contribution in [0.5, 0.6) is 0 Å². The largest absolute Gasteiger partial charge is 0.368 e. The number of allylic oxidation sites excluding steroid dienone is 1. The highest BCUT2D eigenvalue weighted by Crippen LogP contribution is 2.23. The number of hydrogen-bond acceptors (Lipinski definition) is 2. The second kappa shape index (κ2) is 6.36. The molecular weight excluding hydrogens is 212 g/mol. The highest BCUT2D eigenvalue weighted by molar-refractivity contribution is 5.59. The first-order valence-electron chi connectivity index (χ1n) is 5.85. The average molecular weight is 232 g/mol. The first kappa shape index (κ1) is 13.7. The van der Waals surface area contributed by atoms with Crippen LogP contribution in [-0.2, 0) is 16.1 Å². The summed E-state index contributed by atoms with van der Waals surface area (Å²) < 4.78 is 5.81. The van der Waals surface area contributed by atoms with Crippen LogP contribution in [0.25, 0.3) is 0 Å². The second-order valence-corrected chi connectivity index (χ2v) is 4.68. The molecule has 92 valence electrons. The monoisotopic (exact) mass is 232 g/mol. The fourth-order valence-electron chi connectivity index (χ4n) is 1.52. The third-order valence-corrected chi connectivity index (χ3v) is 2.68. The summed E-state index contributed by atoms with van der Waals surface area (Å²) in [5.41, 5.74) is 0.616. The summed E-state index contributed by atoms with van der Waals surface area (Å²) in [6, 6.07) is 9.96. The maximum atomic E-state index is 11.0. The highest BCUT2D eigenvalue weighted by atomic mass is 16.5. The Bertz CT molecular complexity index is 366. The SMILES string of the molecule is CC=C[C@H](OCc1ccccc1)C(C)(C)C=O. The maximum Gasteiger partial charge on any atom is 0.128 e. The van der Waals surface area contributed by atoms with E-state index in [1.807, 2.05) is 63.3 Å². The van der Waals surface area contributed by atoms with E-state index in [9.17, 15) is 4.79 Å². The zero-order chi connectivity index (χ0) is 12.7. The lowest BCUT2D eigenvalue weighted by Crippen LogP contribution is -2.31. The van der Waals surface area contributed by atoms with Crippen molar-refractivity contribution in [3.8, 4) is 0 Å². The van der Waals surface area contributed by atoms with Gasteiger partial charge in [-0.3, -0.25) is 0 Å². The van der Waals surface area contributed by atoms with Gasteiger partial charge in [-0.25, -0.2) is 0 Å². The Morgan fingerprint density at radius 3 is 2.47 bits per heavy atom. The topological polar surface area (TPSA) is 26.3 Å². The highest BCUT2D eigenvalue weighted by Gasteiger charge is 2.27. The normalized spacial score (nSPS) is 13.8. The summed E-state index contributed by atoms with van der Waals surface area (Å²) in [4.78, 5) is 11.0. The minimum Gasteiger partial charge on any atom is -0.368 e. The van der Waals surface area contributed by atoms with Gasteiger partial charge in [0.2, 0.25) is 0 Å². The smallest absolute Gasteiger partial charge is 0.128 e. The van der Waals surface area contributed by atoms with Gasteiger partial charge < -0.3 is 9.53 Å². The molecule has 1 rings (SSSR count). The van der Waals surface area contributed by atoms with Crippen molar-refractivity contribution in [3.63, 3.8) is 0 Å². The summed E-state index contributed by atoms with van der Waals surface area (Å²) in [7, 11) is 0. The predicted molar refractivity (Wildman–Crippen MR) is 69.7 cm³/mol. The molecule has 0 amide bonds. The van der Waals surface area contributed by atoms with E-state index in [4.69, 9.17) is 4.74 Å². The molecule has 0 aliphatic carbocycles. The molecule has 0 unspecified atom stereocenters. The molecule has 2 nitrogen and oxygen atoms in total. The lowest BCUT2D eigenvalue weighted by molar-refractivity contribution is -0.121. The van der Waals surface area contributed by atoms with Gasteiger partial charge in [-0.15, -0.1) is 0 Å². The van der Waals surface area contributed by atoms with E-state index < -0.39 is 5.41 Å². The molecule has 1 aromatic rings. The van der Waals surface area contributed by atoms with Crippen LogP contribution >= 0.6 is 0 Å². The van der Waals surface area contributed by atoms with Crippen molar-refractivity contribution < 1.29 is 9.53 Å². The summed E-state index contributed by atoms with van der Waals surface area (Å²) >= 11 is 0. The number of benzene rings is 1. The Morgan fingerprint density at radius 1 is 1.29 bits per heavy atom. The second-order valence-electron chi connectivity index (χ2n) is 4.68. The van der Waals surface area contributed by atoms with Gasteiger partial charge >= 0.3 is 0 Å². The van der Waals surface area contributed by atoms with Crippen LogP contribution in [0, 0.1) is 5.41 Å². The van der Waals surface area contributed by atoms with E-state index in [0.717, 1.165) is 11.8 Å². The van der Waals surface area contributed by atoms with Crippen LogP contribution in [0.4, 0.5) is 0 Å². The molecule has 0 heterocycles. The van der Waals surface area contributed by atoms with Crippen LogP contribution < -0.4 is 0 Å². The van der Waals surface area contributed by atoms with Gasteiger partial charge in [-0.2, -0.15) is 0 Å². The molecule has 2 heteroatoms. The molecule has 0 fully saturated rings. The third-order valence-electron chi connectivity index (χ3n) is 2.68. The third kappa shape index (κ3) is 4.16. The molecule has 1 atom stereocenters. The first-order chi connectivity index (χ1) is 8.10. The number of rotatable bonds is 6. The molecule has 1 aromatic carbocycles. The summed E-state index contributed by atoms with van der Waals surface area (Å²) in [5.74, 6) is 0. The molecule has 0 saturated heterocycles. The van der Waals surface area contributed by atoms with Gasteiger partial charge in [0.05, 0.1) is 18.1 Å². The minimum absolute atomic E-state index is 0.190. The molecule has 0 aliphatic heterocycles. The number of carbonyl (C=O) groups excluding carboxylic acids is 1. The summed E-state index contributed by atoms with van der Waals surface area (Å²) in [5, 5.41) is 0. The van der Waals surface area contributed by atoms with Crippen molar-refractivity contribution >= 4 is 6.29 Å². The molecule has 0 aliphatic rings. The van der Waals surface area contributed by atoms with Crippen molar-refractivity contribution in [1.29, 1.82) is 0 Å². The quantitative estimate of drug-likeness (QED) is 0.555. The lowest BCUT2D eigenvalue weighted by atomic mass is 9.88. The Morgan fingerprint density at radius 2 is 1.94 bits per heavy atom. The lowest BCUT2D eigenvalue weighted by Gasteiger charge is -2.26. The van der Waals surface area contributed by atoms with E-state index in [0.29, 0.717) is 6.61 Å². The molecule has 0 spiro atoms. The Kier molecular flexibility index (Phi) is 5.11. The van der Waals surface area contributed by atoms with Gasteiger partial charge in [0.25, 0.3) is 0 Å². The summed E-state index contributed by atoms with van der Waals surface area (Å²) in [6.45, 7) is 6.22. The number of hydrogen-bond donors (Lipinski definition) is 0. The summed E-state index contributed by atoms with van der Waals surface area (Å²) in [6.07, 6.45) is 4.60. The molecule has 0 N–H and O–H groups in total. The van der Waals surface area contributed by atoms with Crippen molar-refractivity contribution in [1.82, 2.24) is 0 Å². The van der Waals surface area contributed by atoms with E-state index in [-0.39, 0.29) is 6.10 Å². The molecule has 0 aromatic heterocycles. The van der Waals surface area contributed by atoms with Crippen molar-refractivity contribution in [2.75, 3.05) is 0 Å². The fraction of sp³-hybridized carbons (Fsp3) is 0.400. The van der Waals surface area contributed by atoms with Crippen LogP contribution in [0.2, 0.25) is 0 Å². The van der Waals surface area contributed by atoms with E-state index >= 15 is 0 Å². The molecule has 0 bridgehead atoms. The van der Waals surface area contributed by atoms with Crippen LogP contribution in [0.3, 0.4) is 0 Å². The van der Waals surface area contributed by atoms with Gasteiger partial charge in [0, 0.05) is 0 Å². The van der Waals surface area contributed by atoms with Crippen molar-refractivity contribution in [3.05, 3.63) is 48.0 Å². The van der Waals surface area contributed by atoms with E-state index in [1.54, 1.807) is 0 Å². The van der Waals surface area contributed by atoms with E-state index in [2.05, 4.69) is 0 Å². The fourth-order valence-corrected chi connectivity index (χ4v) is 1.52. The first-order valence-corrected chi connectivity index (χ1v) is 5.85. The van der Waals surface area contributed by atoms with Crippen molar-refractivity contribution in [2.45, 2.75) is 33.5 Å². The maximum absolute atomic E-state index is 11.0. The van der Waals surface area contributed by atoms with Crippen LogP contribution in [0.15, 0.2) is 42.5 Å². The zero-order valence-electron chi connectivity index (χ0n) is 10.7. The Labute approximate surface area is 103 Å². The zero-order valence-corrected chi connectivity index (χ0v) is 10.7. The van der Waals surface area contributed by atoms with Gasteiger partial charge in [0.15, 0.2) is 0 Å².